The third-order valence-corrected chi connectivity index (χ3v) is 3.05. The summed E-state index contributed by atoms with van der Waals surface area (Å²) < 4.78 is 10.2. The van der Waals surface area contributed by atoms with Crippen LogP contribution in [0.4, 0.5) is 0 Å². The van der Waals surface area contributed by atoms with E-state index in [2.05, 4.69) is 16.9 Å². The molecule has 0 aliphatic carbocycles. The van der Waals surface area contributed by atoms with Crippen LogP contribution in [0.15, 0.2) is 66.4 Å². The molecule has 0 spiro atoms. The van der Waals surface area contributed by atoms with Crippen LogP contribution < -0.4 is 4.74 Å². The van der Waals surface area contributed by atoms with Gasteiger partial charge in [0.05, 0.1) is 7.11 Å². The van der Waals surface area contributed by atoms with E-state index in [0.29, 0.717) is 5.75 Å². The largest absolute Gasteiger partial charge is 0.463 e. The second-order valence-electron chi connectivity index (χ2n) is 4.55. The van der Waals surface area contributed by atoms with E-state index < -0.39 is 5.97 Å². The quantitative estimate of drug-likeness (QED) is 0.476. The number of allylic oxidation sites excluding steroid dienone is 1. The molecule has 0 radical (unpaired) electrons. The Morgan fingerprint density at radius 2 is 1.62 bits per heavy atom. The summed E-state index contributed by atoms with van der Waals surface area (Å²) in [7, 11) is 1.33. The Morgan fingerprint density at radius 1 is 1.00 bits per heavy atom. The first kappa shape index (κ1) is 14.9. The van der Waals surface area contributed by atoms with Crippen molar-refractivity contribution in [2.45, 2.75) is 13.3 Å². The Hall–Kier alpha value is -2.55. The summed E-state index contributed by atoms with van der Waals surface area (Å²) in [5, 5.41) is 0. The van der Waals surface area contributed by atoms with Crippen LogP contribution in [0.2, 0.25) is 0 Å². The molecule has 2 aromatic rings. The number of ether oxygens (including phenoxy) is 2. The highest BCUT2D eigenvalue weighted by Gasteiger charge is 2.10. The summed E-state index contributed by atoms with van der Waals surface area (Å²) in [4.78, 5) is 11.4. The molecule has 0 aliphatic rings. The topological polar surface area (TPSA) is 35.5 Å². The van der Waals surface area contributed by atoms with Crippen molar-refractivity contribution in [2.75, 3.05) is 7.11 Å². The van der Waals surface area contributed by atoms with E-state index in [1.54, 1.807) is 13.0 Å². The smallest absolute Gasteiger partial charge is 0.373 e. The highest BCUT2D eigenvalue weighted by molar-refractivity contribution is 5.86. The van der Waals surface area contributed by atoms with Crippen LogP contribution in [-0.4, -0.2) is 13.1 Å². The van der Waals surface area contributed by atoms with E-state index in [9.17, 15) is 4.79 Å². The van der Waals surface area contributed by atoms with Crippen LogP contribution in [-0.2, 0) is 16.0 Å². The number of carbonyl (C=O) groups is 1. The van der Waals surface area contributed by atoms with Gasteiger partial charge in [-0.15, -0.1) is 0 Å². The number of hydrogen-bond acceptors (Lipinski definition) is 3. The second kappa shape index (κ2) is 7.29. The van der Waals surface area contributed by atoms with Gasteiger partial charge in [0.25, 0.3) is 0 Å². The lowest BCUT2D eigenvalue weighted by Gasteiger charge is -2.08. The lowest BCUT2D eigenvalue weighted by Crippen LogP contribution is -2.10. The van der Waals surface area contributed by atoms with Crippen molar-refractivity contribution < 1.29 is 14.3 Å². The molecule has 0 aliphatic heterocycles. The molecular formula is C18H18O3. The molecule has 21 heavy (non-hydrogen) atoms. The van der Waals surface area contributed by atoms with Crippen LogP contribution in [0.5, 0.6) is 5.75 Å². The molecular weight excluding hydrogens is 264 g/mol. The summed E-state index contributed by atoms with van der Waals surface area (Å²) in [5.41, 5.74) is 2.45. The maximum atomic E-state index is 11.4. The minimum Gasteiger partial charge on any atom is -0.463 e. The molecule has 0 bridgehead atoms. The van der Waals surface area contributed by atoms with E-state index in [-0.39, 0.29) is 5.76 Å². The van der Waals surface area contributed by atoms with Crippen LogP contribution in [0.1, 0.15) is 18.1 Å². The zero-order valence-electron chi connectivity index (χ0n) is 12.2. The first-order valence-electron chi connectivity index (χ1n) is 6.78. The Labute approximate surface area is 124 Å². The Bertz CT molecular complexity index is 613. The van der Waals surface area contributed by atoms with Gasteiger partial charge in [-0.05, 0) is 42.7 Å². The van der Waals surface area contributed by atoms with E-state index in [1.165, 1.54) is 18.2 Å². The average Bonchev–Trinajstić information content (AvgIpc) is 2.54. The molecule has 0 aromatic heterocycles. The van der Waals surface area contributed by atoms with E-state index >= 15 is 0 Å². The zero-order chi connectivity index (χ0) is 15.1. The maximum absolute atomic E-state index is 11.4. The molecule has 0 saturated carbocycles. The number of rotatable bonds is 5. The lowest BCUT2D eigenvalue weighted by molar-refractivity contribution is -0.138. The average molecular weight is 282 g/mol. The molecule has 0 atom stereocenters. The minimum atomic E-state index is -0.481. The lowest BCUT2D eigenvalue weighted by atomic mass is 10.1. The Kier molecular flexibility index (Phi) is 5.16. The monoisotopic (exact) mass is 282 g/mol. The summed E-state index contributed by atoms with van der Waals surface area (Å²) in [6.07, 6.45) is 2.46. The number of esters is 1. The number of methoxy groups -OCH3 is 1. The molecule has 0 heterocycles. The fourth-order valence-corrected chi connectivity index (χ4v) is 1.95. The van der Waals surface area contributed by atoms with Crippen LogP contribution in [0.25, 0.3) is 0 Å². The molecule has 0 N–H and O–H groups in total. The molecule has 2 aromatic carbocycles. The Morgan fingerprint density at radius 3 is 2.19 bits per heavy atom. The van der Waals surface area contributed by atoms with Gasteiger partial charge < -0.3 is 9.47 Å². The Balaban J connectivity index is 2.04. The third kappa shape index (κ3) is 4.21. The van der Waals surface area contributed by atoms with Crippen LogP contribution in [0, 0.1) is 0 Å². The first-order chi connectivity index (χ1) is 10.2. The van der Waals surface area contributed by atoms with Gasteiger partial charge in [0.1, 0.15) is 5.75 Å². The summed E-state index contributed by atoms with van der Waals surface area (Å²) >= 11 is 0. The highest BCUT2D eigenvalue weighted by atomic mass is 16.6. The number of carbonyl (C=O) groups excluding carboxylic acids is 1. The standard InChI is InChI=1S/C18H18O3/c1-3-17(18(19)20-2)21-16-11-9-15(10-12-16)13-14-7-5-4-6-8-14/h3-12H,13H2,1-2H3/b17-3-. The van der Waals surface area contributed by atoms with Gasteiger partial charge in [-0.2, -0.15) is 0 Å². The van der Waals surface area contributed by atoms with Crippen LogP contribution >= 0.6 is 0 Å². The number of benzene rings is 2. The predicted molar refractivity (Wildman–Crippen MR) is 82.1 cm³/mol. The zero-order valence-corrected chi connectivity index (χ0v) is 12.2. The van der Waals surface area contributed by atoms with Crippen molar-refractivity contribution in [1.29, 1.82) is 0 Å². The van der Waals surface area contributed by atoms with Crippen LogP contribution in [0.3, 0.4) is 0 Å². The summed E-state index contributed by atoms with van der Waals surface area (Å²) in [5.74, 6) is 0.324. The van der Waals surface area contributed by atoms with Gasteiger partial charge in [-0.3, -0.25) is 0 Å². The molecule has 0 saturated heterocycles. The molecule has 0 unspecified atom stereocenters. The van der Waals surface area contributed by atoms with E-state index in [4.69, 9.17) is 4.74 Å². The molecule has 3 nitrogen and oxygen atoms in total. The molecule has 2 rings (SSSR count). The normalized spacial score (nSPS) is 11.0. The summed E-state index contributed by atoms with van der Waals surface area (Å²) in [6, 6.07) is 17.9. The maximum Gasteiger partial charge on any atom is 0.373 e. The highest BCUT2D eigenvalue weighted by Crippen LogP contribution is 2.17. The van der Waals surface area contributed by atoms with Gasteiger partial charge in [-0.25, -0.2) is 4.79 Å². The SMILES string of the molecule is C/C=C(\Oc1ccc(Cc2ccccc2)cc1)C(=O)OC. The van der Waals surface area contributed by atoms with E-state index in [0.717, 1.165) is 6.42 Å². The van der Waals surface area contributed by atoms with Crippen molar-refractivity contribution in [1.82, 2.24) is 0 Å². The second-order valence-corrected chi connectivity index (χ2v) is 4.55. The number of hydrogen-bond donors (Lipinski definition) is 0. The van der Waals surface area contributed by atoms with Crippen molar-refractivity contribution in [2.24, 2.45) is 0 Å². The minimum absolute atomic E-state index is 0.188. The van der Waals surface area contributed by atoms with Crippen molar-refractivity contribution in [3.8, 4) is 5.75 Å². The van der Waals surface area contributed by atoms with Gasteiger partial charge >= 0.3 is 5.97 Å². The van der Waals surface area contributed by atoms with Crippen molar-refractivity contribution in [3.05, 3.63) is 77.6 Å². The van der Waals surface area contributed by atoms with Gasteiger partial charge in [0.15, 0.2) is 0 Å². The fraction of sp³-hybridized carbons (Fsp3) is 0.167. The fourth-order valence-electron chi connectivity index (χ4n) is 1.95. The van der Waals surface area contributed by atoms with E-state index in [1.807, 2.05) is 42.5 Å². The predicted octanol–water partition coefficient (Wildman–Crippen LogP) is 3.73. The van der Waals surface area contributed by atoms with Crippen molar-refractivity contribution >= 4 is 5.97 Å². The van der Waals surface area contributed by atoms with Crippen molar-refractivity contribution in [3.63, 3.8) is 0 Å². The first-order valence-corrected chi connectivity index (χ1v) is 6.78. The van der Waals surface area contributed by atoms with Gasteiger partial charge in [-0.1, -0.05) is 42.5 Å². The molecule has 0 amide bonds. The van der Waals surface area contributed by atoms with Gasteiger partial charge in [0, 0.05) is 0 Å². The molecule has 108 valence electrons. The summed E-state index contributed by atoms with van der Waals surface area (Å²) in [6.45, 7) is 1.73. The molecule has 0 fully saturated rings. The van der Waals surface area contributed by atoms with Gasteiger partial charge in [0.2, 0.25) is 5.76 Å². The molecule has 3 heteroatoms. The third-order valence-electron chi connectivity index (χ3n) is 3.05.